The van der Waals surface area contributed by atoms with Gasteiger partial charge in [-0.2, -0.15) is 0 Å². The van der Waals surface area contributed by atoms with E-state index in [0.29, 0.717) is 42.4 Å². The number of methoxy groups -OCH3 is 1. The number of rotatable bonds is 14. The van der Waals surface area contributed by atoms with Crippen LogP contribution in [-0.4, -0.2) is 87.5 Å². The van der Waals surface area contributed by atoms with Crippen molar-refractivity contribution in [3.8, 4) is 11.5 Å². The first-order valence-corrected chi connectivity index (χ1v) is 21.1. The van der Waals surface area contributed by atoms with E-state index in [9.17, 15) is 13.2 Å². The Balaban J connectivity index is 1.13. The monoisotopic (exact) mass is 759 g/mol. The van der Waals surface area contributed by atoms with Gasteiger partial charge in [-0.05, 0) is 111 Å². The van der Waals surface area contributed by atoms with E-state index < -0.39 is 10.0 Å². The zero-order valence-corrected chi connectivity index (χ0v) is 33.8. The van der Waals surface area contributed by atoms with Gasteiger partial charge in [0.15, 0.2) is 11.4 Å². The number of amides is 1. The van der Waals surface area contributed by atoms with Gasteiger partial charge in [-0.1, -0.05) is 45.0 Å². The van der Waals surface area contributed by atoms with Crippen molar-refractivity contribution >= 4 is 38.9 Å². The molecule has 1 saturated heterocycles. The molecule has 12 nitrogen and oxygen atoms in total. The van der Waals surface area contributed by atoms with Crippen LogP contribution in [-0.2, 0) is 20.2 Å². The zero-order chi connectivity index (χ0) is 38.6. The fraction of sp³-hybridized carbons (Fsp3) is 0.537. The number of carbonyl (C=O) groups excluding carboxylic acids is 1. The molecule has 1 aliphatic heterocycles. The van der Waals surface area contributed by atoms with Crippen molar-refractivity contribution in [2.45, 2.75) is 89.6 Å². The number of hydrogen-bond donors (Lipinski definition) is 1. The molecular weight excluding hydrogens is 703 g/mol. The molecule has 3 heterocycles. The first-order chi connectivity index (χ1) is 25.7. The van der Waals surface area contributed by atoms with E-state index in [4.69, 9.17) is 9.47 Å². The largest absolute Gasteiger partial charge is 0.492 e. The molecule has 0 bridgehead atoms. The maximum atomic E-state index is 13.5. The molecule has 2 aromatic carbocycles. The maximum absolute atomic E-state index is 13.5. The fourth-order valence-corrected chi connectivity index (χ4v) is 8.59. The molecule has 0 unspecified atom stereocenters. The van der Waals surface area contributed by atoms with E-state index >= 15 is 0 Å². The Kier molecular flexibility index (Phi) is 12.1. The topological polar surface area (TPSA) is 122 Å². The van der Waals surface area contributed by atoms with Gasteiger partial charge in [0, 0.05) is 32.6 Å². The highest BCUT2D eigenvalue weighted by molar-refractivity contribution is 7.92. The molecule has 4 aromatic rings. The molecule has 13 heteroatoms. The lowest BCUT2D eigenvalue weighted by atomic mass is 9.79. The number of anilines is 3. The van der Waals surface area contributed by atoms with Crippen molar-refractivity contribution < 1.29 is 22.7 Å². The number of aromatic nitrogens is 3. The van der Waals surface area contributed by atoms with E-state index in [-0.39, 0.29) is 24.0 Å². The van der Waals surface area contributed by atoms with Gasteiger partial charge in [0.1, 0.15) is 11.9 Å². The third-order valence-corrected chi connectivity index (χ3v) is 11.8. The summed E-state index contributed by atoms with van der Waals surface area (Å²) < 4.78 is 42.0. The third kappa shape index (κ3) is 9.11. The molecule has 1 amide bonds. The molecule has 2 aliphatic rings. The number of likely N-dealkylation sites (N-methyl/N-ethyl adjacent to an activating group) is 1. The lowest BCUT2D eigenvalue weighted by Crippen LogP contribution is -2.36. The van der Waals surface area contributed by atoms with Gasteiger partial charge in [-0.25, -0.2) is 8.42 Å². The van der Waals surface area contributed by atoms with E-state index in [1.165, 1.54) is 48.1 Å². The Hall–Kier alpha value is -4.36. The summed E-state index contributed by atoms with van der Waals surface area (Å²) in [6, 6.07) is 16.2. The number of carbonyl (C=O) groups is 1. The van der Waals surface area contributed by atoms with Crippen molar-refractivity contribution in [1.29, 1.82) is 0 Å². The van der Waals surface area contributed by atoms with Gasteiger partial charge in [-0.3, -0.25) is 13.5 Å². The Bertz CT molecular complexity index is 2030. The predicted molar refractivity (Wildman–Crippen MR) is 216 cm³/mol. The minimum absolute atomic E-state index is 0.0749. The average molecular weight is 760 g/mol. The van der Waals surface area contributed by atoms with Gasteiger partial charge < -0.3 is 24.6 Å². The Labute approximate surface area is 320 Å². The van der Waals surface area contributed by atoms with Crippen molar-refractivity contribution in [1.82, 2.24) is 19.5 Å². The summed E-state index contributed by atoms with van der Waals surface area (Å²) in [6.07, 6.45) is 10.4. The number of pyridine rings is 1. The maximum Gasteiger partial charge on any atom is 0.232 e. The number of sulfonamides is 1. The third-order valence-electron chi connectivity index (χ3n) is 10.6. The summed E-state index contributed by atoms with van der Waals surface area (Å²) in [5.41, 5.74) is 4.76. The normalized spacial score (nSPS) is 17.7. The smallest absolute Gasteiger partial charge is 0.232 e. The minimum Gasteiger partial charge on any atom is -0.492 e. The number of fused-ring (bicyclic) bond motifs is 2. The van der Waals surface area contributed by atoms with Crippen molar-refractivity contribution in [3.05, 3.63) is 71.4 Å². The Morgan fingerprint density at radius 2 is 1.72 bits per heavy atom. The molecule has 292 valence electrons. The van der Waals surface area contributed by atoms with Crippen LogP contribution < -0.4 is 24.0 Å². The van der Waals surface area contributed by atoms with Gasteiger partial charge in [0.05, 0.1) is 30.9 Å². The second kappa shape index (κ2) is 16.6. The fourth-order valence-electron chi connectivity index (χ4n) is 7.68. The van der Waals surface area contributed by atoms with Crippen molar-refractivity contribution in [2.75, 3.05) is 68.2 Å². The molecule has 2 aromatic heterocycles. The molecule has 54 heavy (non-hydrogen) atoms. The van der Waals surface area contributed by atoms with Gasteiger partial charge in [-0.15, -0.1) is 10.2 Å². The summed E-state index contributed by atoms with van der Waals surface area (Å²) in [5, 5.41) is 12.0. The molecule has 2 atom stereocenters. The molecule has 0 saturated carbocycles. The van der Waals surface area contributed by atoms with Crippen LogP contribution in [0.1, 0.15) is 101 Å². The van der Waals surface area contributed by atoms with E-state index in [0.717, 1.165) is 55.3 Å². The quantitative estimate of drug-likeness (QED) is 0.143. The van der Waals surface area contributed by atoms with Gasteiger partial charge in [0.2, 0.25) is 21.9 Å². The Morgan fingerprint density at radius 3 is 2.41 bits per heavy atom. The average Bonchev–Trinajstić information content (AvgIpc) is 3.55. The lowest BCUT2D eigenvalue weighted by molar-refractivity contribution is -0.116. The molecular formula is C41H57N7O5S. The van der Waals surface area contributed by atoms with E-state index in [2.05, 4.69) is 65.5 Å². The highest BCUT2D eigenvalue weighted by Crippen LogP contribution is 2.43. The standard InChI is InChI=1S/C41H57N7O5S/c1-41(2,3)30-26-34(39(52-6)35(27-30)48(54(7,50)51)25-24-45(4)5)42-38(49)17-13-14-29-18-20-36(33-16-10-9-15-32(29)33)53-31-19-21-37-43-44-40(47(37)28-31)46-22-11-8-12-23-46/h9-10,15-16,19,21,26-29,36H,8,11-14,17-18,20,22-25H2,1-7H3,(H,42,49)/t29-,36+/m0/s1. The van der Waals surface area contributed by atoms with Gasteiger partial charge >= 0.3 is 0 Å². The van der Waals surface area contributed by atoms with Crippen LogP contribution in [0.3, 0.4) is 0 Å². The number of benzene rings is 2. The second-order valence-electron chi connectivity index (χ2n) is 16.1. The molecule has 6 rings (SSSR count). The summed E-state index contributed by atoms with van der Waals surface area (Å²) in [7, 11) is 1.67. The van der Waals surface area contributed by atoms with Crippen LogP contribution in [0.5, 0.6) is 11.5 Å². The number of piperidine rings is 1. The summed E-state index contributed by atoms with van der Waals surface area (Å²) in [6.45, 7) is 8.94. The van der Waals surface area contributed by atoms with E-state index in [1.807, 2.05) is 53.9 Å². The van der Waals surface area contributed by atoms with E-state index in [1.54, 1.807) is 0 Å². The van der Waals surface area contributed by atoms with Crippen LogP contribution in [0.2, 0.25) is 0 Å². The van der Waals surface area contributed by atoms with Crippen LogP contribution in [0, 0.1) is 0 Å². The molecule has 0 spiro atoms. The Morgan fingerprint density at radius 1 is 0.981 bits per heavy atom. The summed E-state index contributed by atoms with van der Waals surface area (Å²) in [5.74, 6) is 2.18. The van der Waals surface area contributed by atoms with Crippen LogP contribution in [0.4, 0.5) is 17.3 Å². The summed E-state index contributed by atoms with van der Waals surface area (Å²) in [4.78, 5) is 17.8. The number of nitrogens with zero attached hydrogens (tertiary/aromatic N) is 6. The number of nitrogens with one attached hydrogen (secondary N) is 1. The highest BCUT2D eigenvalue weighted by Gasteiger charge is 2.30. The van der Waals surface area contributed by atoms with Crippen LogP contribution >= 0.6 is 0 Å². The minimum atomic E-state index is -3.64. The molecule has 1 fully saturated rings. The first-order valence-electron chi connectivity index (χ1n) is 19.2. The van der Waals surface area contributed by atoms with Crippen LogP contribution in [0.25, 0.3) is 5.65 Å². The van der Waals surface area contributed by atoms with Crippen LogP contribution in [0.15, 0.2) is 54.7 Å². The molecule has 0 radical (unpaired) electrons. The van der Waals surface area contributed by atoms with Gasteiger partial charge in [0.25, 0.3) is 0 Å². The molecule has 1 aliphatic carbocycles. The number of hydrogen-bond acceptors (Lipinski definition) is 9. The lowest BCUT2D eigenvalue weighted by Gasteiger charge is -2.32. The van der Waals surface area contributed by atoms with Crippen molar-refractivity contribution in [2.24, 2.45) is 0 Å². The number of ether oxygens (including phenoxy) is 2. The summed E-state index contributed by atoms with van der Waals surface area (Å²) >= 11 is 0. The SMILES string of the molecule is COc1c(NC(=O)CCC[C@H]2CC[C@@H](Oc3ccc4nnc(N5CCCCC5)n4c3)c3ccccc32)cc(C(C)(C)C)cc1N(CCN(C)C)S(C)(=O)=O. The molecule has 1 N–H and O–H groups in total. The van der Waals surface area contributed by atoms with Crippen molar-refractivity contribution in [3.63, 3.8) is 0 Å². The predicted octanol–water partition coefficient (Wildman–Crippen LogP) is 7.16. The first kappa shape index (κ1) is 39.3. The second-order valence-corrected chi connectivity index (χ2v) is 18.0. The zero-order valence-electron chi connectivity index (χ0n) is 33.0. The highest BCUT2D eigenvalue weighted by atomic mass is 32.2.